The third-order valence-corrected chi connectivity index (χ3v) is 2.49. The van der Waals surface area contributed by atoms with Gasteiger partial charge in [0, 0.05) is 12.6 Å². The van der Waals surface area contributed by atoms with E-state index in [2.05, 4.69) is 6.58 Å². The maximum Gasteiger partial charge on any atom is 0.300 e. The molecule has 2 rings (SSSR count). The van der Waals surface area contributed by atoms with E-state index < -0.39 is 16.6 Å². The van der Waals surface area contributed by atoms with Crippen LogP contribution in [0.15, 0.2) is 30.9 Å². The van der Waals surface area contributed by atoms with Crippen molar-refractivity contribution >= 4 is 23.1 Å². The number of rotatable bonds is 3. The van der Waals surface area contributed by atoms with Crippen LogP contribution in [0, 0.1) is 10.1 Å². The van der Waals surface area contributed by atoms with Gasteiger partial charge in [-0.2, -0.15) is 0 Å². The van der Waals surface area contributed by atoms with Gasteiger partial charge in [0.25, 0.3) is 17.4 Å². The molecule has 17 heavy (non-hydrogen) atoms. The normalized spacial score (nSPS) is 13.8. The first kappa shape index (κ1) is 11.0. The van der Waals surface area contributed by atoms with Crippen molar-refractivity contribution in [3.63, 3.8) is 0 Å². The largest absolute Gasteiger partial charge is 0.301 e. The predicted molar refractivity (Wildman–Crippen MR) is 60.0 cm³/mol. The zero-order valence-corrected chi connectivity index (χ0v) is 8.75. The Balaban J connectivity index is 2.65. The molecular weight excluding hydrogens is 224 g/mol. The number of Topliss-reactive ketones (excluding diaryl/α,β-unsaturated/α-hetero) is 1. The standard InChI is InChI=1S/C11H8N2O4/c1-2-6-12-7-4-3-5-8(13(16)17)9(7)10(14)11(12)15/h2-5H,1,6H2. The summed E-state index contributed by atoms with van der Waals surface area (Å²) in [5.41, 5.74) is -0.203. The maximum absolute atomic E-state index is 11.7. The zero-order chi connectivity index (χ0) is 12.6. The molecule has 1 aliphatic rings. The fraction of sp³-hybridized carbons (Fsp3) is 0.0909. The second-order valence-electron chi connectivity index (χ2n) is 3.46. The third kappa shape index (κ3) is 1.50. The third-order valence-electron chi connectivity index (χ3n) is 2.49. The van der Waals surface area contributed by atoms with Crippen molar-refractivity contribution < 1.29 is 14.5 Å². The Hall–Kier alpha value is -2.50. The molecule has 0 atom stereocenters. The van der Waals surface area contributed by atoms with Crippen LogP contribution in [-0.2, 0) is 4.79 Å². The first-order chi connectivity index (χ1) is 8.07. The highest BCUT2D eigenvalue weighted by Gasteiger charge is 2.40. The lowest BCUT2D eigenvalue weighted by atomic mass is 10.1. The Bertz CT molecular complexity index is 550. The summed E-state index contributed by atoms with van der Waals surface area (Å²) in [5, 5.41) is 10.8. The quantitative estimate of drug-likeness (QED) is 0.340. The van der Waals surface area contributed by atoms with Crippen LogP contribution in [0.2, 0.25) is 0 Å². The van der Waals surface area contributed by atoms with Crippen LogP contribution >= 0.6 is 0 Å². The van der Waals surface area contributed by atoms with Crippen molar-refractivity contribution in [1.82, 2.24) is 0 Å². The number of hydrogen-bond donors (Lipinski definition) is 0. The van der Waals surface area contributed by atoms with Crippen LogP contribution in [0.4, 0.5) is 11.4 Å². The van der Waals surface area contributed by atoms with E-state index >= 15 is 0 Å². The lowest BCUT2D eigenvalue weighted by molar-refractivity contribution is -0.385. The summed E-state index contributed by atoms with van der Waals surface area (Å²) >= 11 is 0. The maximum atomic E-state index is 11.7. The minimum Gasteiger partial charge on any atom is -0.301 e. The Morgan fingerprint density at radius 2 is 2.12 bits per heavy atom. The monoisotopic (exact) mass is 232 g/mol. The zero-order valence-electron chi connectivity index (χ0n) is 8.75. The Kier molecular flexibility index (Phi) is 2.47. The molecule has 86 valence electrons. The lowest BCUT2D eigenvalue weighted by Crippen LogP contribution is -2.29. The van der Waals surface area contributed by atoms with Gasteiger partial charge in [-0.1, -0.05) is 12.1 Å². The van der Waals surface area contributed by atoms with Gasteiger partial charge in [-0.05, 0) is 6.07 Å². The van der Waals surface area contributed by atoms with Crippen molar-refractivity contribution in [2.75, 3.05) is 11.4 Å². The van der Waals surface area contributed by atoms with Crippen molar-refractivity contribution in [2.45, 2.75) is 0 Å². The van der Waals surface area contributed by atoms with Crippen LogP contribution < -0.4 is 4.90 Å². The van der Waals surface area contributed by atoms with Gasteiger partial charge >= 0.3 is 0 Å². The molecule has 0 spiro atoms. The number of fused-ring (bicyclic) bond motifs is 1. The van der Waals surface area contributed by atoms with Crippen molar-refractivity contribution in [3.05, 3.63) is 46.5 Å². The van der Waals surface area contributed by atoms with Crippen molar-refractivity contribution in [1.29, 1.82) is 0 Å². The van der Waals surface area contributed by atoms with Gasteiger partial charge in [0.05, 0.1) is 10.6 Å². The molecule has 0 fully saturated rings. The van der Waals surface area contributed by atoms with E-state index in [0.29, 0.717) is 0 Å². The first-order valence-corrected chi connectivity index (χ1v) is 4.82. The lowest BCUT2D eigenvalue weighted by Gasteiger charge is -2.12. The summed E-state index contributed by atoms with van der Waals surface area (Å²) in [6.07, 6.45) is 1.46. The predicted octanol–water partition coefficient (Wildman–Crippen LogP) is 1.31. The second-order valence-corrected chi connectivity index (χ2v) is 3.46. The molecular formula is C11H8N2O4. The van der Waals surface area contributed by atoms with Gasteiger partial charge in [0.15, 0.2) is 0 Å². The Labute approximate surface area is 96.3 Å². The molecule has 1 aliphatic heterocycles. The highest BCUT2D eigenvalue weighted by Crippen LogP contribution is 2.35. The molecule has 0 N–H and O–H groups in total. The van der Waals surface area contributed by atoms with E-state index in [1.165, 1.54) is 29.2 Å². The van der Waals surface area contributed by atoms with Crippen molar-refractivity contribution in [2.24, 2.45) is 0 Å². The van der Waals surface area contributed by atoms with E-state index in [1.807, 2.05) is 0 Å². The first-order valence-electron chi connectivity index (χ1n) is 4.82. The molecule has 6 heteroatoms. The molecule has 0 saturated carbocycles. The van der Waals surface area contributed by atoms with Gasteiger partial charge < -0.3 is 4.90 Å². The highest BCUT2D eigenvalue weighted by molar-refractivity contribution is 6.53. The molecule has 1 aromatic carbocycles. The van der Waals surface area contributed by atoms with E-state index in [1.54, 1.807) is 0 Å². The smallest absolute Gasteiger partial charge is 0.300 e. The van der Waals surface area contributed by atoms with Gasteiger partial charge in [0.1, 0.15) is 5.56 Å². The van der Waals surface area contributed by atoms with E-state index in [4.69, 9.17) is 0 Å². The summed E-state index contributed by atoms with van der Waals surface area (Å²) in [6, 6.07) is 4.16. The molecule has 0 bridgehead atoms. The summed E-state index contributed by atoms with van der Waals surface area (Å²) in [7, 11) is 0. The molecule has 1 amide bonds. The molecule has 1 aromatic rings. The SMILES string of the molecule is C=CCN1C(=O)C(=O)c2c1cccc2[N+](=O)[O-]. The summed E-state index contributed by atoms with van der Waals surface area (Å²) in [4.78, 5) is 34.6. The number of ketones is 1. The Morgan fingerprint density at radius 3 is 2.71 bits per heavy atom. The topological polar surface area (TPSA) is 80.5 Å². The highest BCUT2D eigenvalue weighted by atomic mass is 16.6. The number of carbonyl (C=O) groups excluding carboxylic acids is 2. The second kappa shape index (κ2) is 3.82. The van der Waals surface area contributed by atoms with Gasteiger partial charge in [-0.15, -0.1) is 6.58 Å². The van der Waals surface area contributed by atoms with Gasteiger partial charge in [-0.25, -0.2) is 0 Å². The molecule has 0 unspecified atom stereocenters. The average molecular weight is 232 g/mol. The molecule has 6 nitrogen and oxygen atoms in total. The van der Waals surface area contributed by atoms with Crippen LogP contribution in [0.5, 0.6) is 0 Å². The number of hydrogen-bond acceptors (Lipinski definition) is 4. The molecule has 1 heterocycles. The van der Waals surface area contributed by atoms with Crippen molar-refractivity contribution in [3.8, 4) is 0 Å². The minimum atomic E-state index is -0.839. The molecule has 0 saturated heterocycles. The summed E-state index contributed by atoms with van der Waals surface area (Å²) in [5.74, 6) is -1.59. The van der Waals surface area contributed by atoms with E-state index in [0.717, 1.165) is 0 Å². The summed E-state index contributed by atoms with van der Waals surface area (Å²) in [6.45, 7) is 3.63. The van der Waals surface area contributed by atoms with E-state index in [-0.39, 0.29) is 23.5 Å². The van der Waals surface area contributed by atoms with E-state index in [9.17, 15) is 19.7 Å². The van der Waals surface area contributed by atoms with Gasteiger partial charge in [0.2, 0.25) is 0 Å². The Morgan fingerprint density at radius 1 is 1.41 bits per heavy atom. The minimum absolute atomic E-state index is 0.135. The summed E-state index contributed by atoms with van der Waals surface area (Å²) < 4.78 is 0. The average Bonchev–Trinajstić information content (AvgIpc) is 2.55. The fourth-order valence-corrected chi connectivity index (χ4v) is 1.79. The van der Waals surface area contributed by atoms with Crippen LogP contribution in [0.1, 0.15) is 10.4 Å². The number of carbonyl (C=O) groups is 2. The molecule has 0 radical (unpaired) electrons. The number of nitro benzene ring substituents is 1. The number of amides is 1. The fourth-order valence-electron chi connectivity index (χ4n) is 1.79. The number of anilines is 1. The number of benzene rings is 1. The number of nitrogens with zero attached hydrogens (tertiary/aromatic N) is 2. The molecule has 0 aliphatic carbocycles. The molecule has 0 aromatic heterocycles. The van der Waals surface area contributed by atoms with Crippen LogP contribution in [0.3, 0.4) is 0 Å². The van der Waals surface area contributed by atoms with Gasteiger partial charge in [-0.3, -0.25) is 19.7 Å². The van der Waals surface area contributed by atoms with Crippen LogP contribution in [-0.4, -0.2) is 23.2 Å². The van der Waals surface area contributed by atoms with Crippen LogP contribution in [0.25, 0.3) is 0 Å². The number of nitro groups is 1.